The predicted octanol–water partition coefficient (Wildman–Crippen LogP) is 2.11. The van der Waals surface area contributed by atoms with E-state index in [0.29, 0.717) is 22.9 Å². The molecule has 30 heavy (non-hydrogen) atoms. The third-order valence-electron chi connectivity index (χ3n) is 4.77. The van der Waals surface area contributed by atoms with Crippen LogP contribution >= 0.6 is 0 Å². The number of rotatable bonds is 5. The first-order valence-electron chi connectivity index (χ1n) is 9.42. The molecule has 1 fully saturated rings. The lowest BCUT2D eigenvalue weighted by Gasteiger charge is -2.16. The van der Waals surface area contributed by atoms with Crippen molar-refractivity contribution in [3.63, 3.8) is 0 Å². The molecule has 7 nitrogen and oxygen atoms in total. The summed E-state index contributed by atoms with van der Waals surface area (Å²) in [6, 6.07) is 10.9. The summed E-state index contributed by atoms with van der Waals surface area (Å²) in [5, 5.41) is 2.72. The highest BCUT2D eigenvalue weighted by atomic mass is 19.1. The molecule has 0 saturated carbocycles. The molecule has 2 aliphatic heterocycles. The quantitative estimate of drug-likeness (QED) is 0.764. The molecule has 154 valence electrons. The SMILES string of the molecule is O=C(NCC#CCOc1ccc2c(c1)OCO2)[C@@H]1CC(=O)N(c2ccc(F)cc2)C1. The van der Waals surface area contributed by atoms with Gasteiger partial charge in [-0.3, -0.25) is 9.59 Å². The van der Waals surface area contributed by atoms with Crippen molar-refractivity contribution in [2.45, 2.75) is 6.42 Å². The van der Waals surface area contributed by atoms with E-state index in [1.807, 2.05) is 0 Å². The Kier molecular flexibility index (Phi) is 5.70. The number of ether oxygens (including phenoxy) is 3. The summed E-state index contributed by atoms with van der Waals surface area (Å²) in [6.07, 6.45) is 0.115. The maximum Gasteiger partial charge on any atom is 0.231 e. The number of hydrogen-bond donors (Lipinski definition) is 1. The molecule has 0 aliphatic carbocycles. The van der Waals surface area contributed by atoms with E-state index in [9.17, 15) is 14.0 Å². The van der Waals surface area contributed by atoms with Crippen molar-refractivity contribution in [2.24, 2.45) is 5.92 Å². The number of halogens is 1. The Morgan fingerprint density at radius 1 is 1.17 bits per heavy atom. The van der Waals surface area contributed by atoms with Crippen LogP contribution < -0.4 is 24.4 Å². The Balaban J connectivity index is 1.21. The largest absolute Gasteiger partial charge is 0.481 e. The first kappa shape index (κ1) is 19.6. The summed E-state index contributed by atoms with van der Waals surface area (Å²) in [5.74, 6) is 6.33. The molecular formula is C22H19FN2O5. The van der Waals surface area contributed by atoms with Gasteiger partial charge in [0.1, 0.15) is 18.2 Å². The van der Waals surface area contributed by atoms with Gasteiger partial charge in [0.15, 0.2) is 11.5 Å². The van der Waals surface area contributed by atoms with Crippen molar-refractivity contribution >= 4 is 17.5 Å². The Labute approximate surface area is 172 Å². The zero-order chi connectivity index (χ0) is 20.9. The fraction of sp³-hybridized carbons (Fsp3) is 0.273. The van der Waals surface area contributed by atoms with Crippen molar-refractivity contribution in [1.82, 2.24) is 5.32 Å². The Hall–Kier alpha value is -3.73. The highest BCUT2D eigenvalue weighted by Crippen LogP contribution is 2.35. The van der Waals surface area contributed by atoms with Crippen LogP contribution in [0.5, 0.6) is 17.2 Å². The maximum atomic E-state index is 13.1. The van der Waals surface area contributed by atoms with Crippen molar-refractivity contribution in [3.8, 4) is 29.1 Å². The van der Waals surface area contributed by atoms with Gasteiger partial charge in [-0.05, 0) is 36.4 Å². The van der Waals surface area contributed by atoms with Crippen LogP contribution in [-0.2, 0) is 9.59 Å². The van der Waals surface area contributed by atoms with Gasteiger partial charge in [-0.15, -0.1) is 0 Å². The average Bonchev–Trinajstić information content (AvgIpc) is 3.37. The number of nitrogens with one attached hydrogen (secondary N) is 1. The minimum atomic E-state index is -0.464. The second kappa shape index (κ2) is 8.74. The Morgan fingerprint density at radius 2 is 1.97 bits per heavy atom. The van der Waals surface area contributed by atoms with Gasteiger partial charge in [0.05, 0.1) is 12.5 Å². The van der Waals surface area contributed by atoms with E-state index in [4.69, 9.17) is 14.2 Å². The van der Waals surface area contributed by atoms with Gasteiger partial charge in [-0.1, -0.05) is 11.8 Å². The van der Waals surface area contributed by atoms with Crippen LogP contribution in [-0.4, -0.2) is 38.3 Å². The summed E-state index contributed by atoms with van der Waals surface area (Å²) >= 11 is 0. The Bertz CT molecular complexity index is 1010. The lowest BCUT2D eigenvalue weighted by atomic mass is 10.1. The van der Waals surface area contributed by atoms with Crippen LogP contribution in [0.15, 0.2) is 42.5 Å². The fourth-order valence-corrected chi connectivity index (χ4v) is 3.23. The van der Waals surface area contributed by atoms with E-state index in [0.717, 1.165) is 0 Å². The molecule has 1 saturated heterocycles. The first-order chi connectivity index (χ1) is 14.6. The van der Waals surface area contributed by atoms with E-state index in [1.54, 1.807) is 18.2 Å². The topological polar surface area (TPSA) is 77.1 Å². The zero-order valence-electron chi connectivity index (χ0n) is 16.0. The molecule has 8 heteroatoms. The number of hydrogen-bond acceptors (Lipinski definition) is 5. The third kappa shape index (κ3) is 4.46. The monoisotopic (exact) mass is 410 g/mol. The van der Waals surface area contributed by atoms with Crippen LogP contribution in [0.4, 0.5) is 10.1 Å². The highest BCUT2D eigenvalue weighted by molar-refractivity contribution is 6.00. The molecule has 0 aromatic heterocycles. The van der Waals surface area contributed by atoms with E-state index in [2.05, 4.69) is 17.2 Å². The number of fused-ring (bicyclic) bond motifs is 1. The van der Waals surface area contributed by atoms with Gasteiger partial charge < -0.3 is 24.4 Å². The summed E-state index contributed by atoms with van der Waals surface area (Å²) < 4.78 is 29.1. The van der Waals surface area contributed by atoms with Crippen molar-refractivity contribution in [3.05, 3.63) is 48.3 Å². The van der Waals surface area contributed by atoms with Crippen molar-refractivity contribution < 1.29 is 28.2 Å². The van der Waals surface area contributed by atoms with E-state index in [-0.39, 0.29) is 50.5 Å². The molecule has 2 aromatic rings. The van der Waals surface area contributed by atoms with E-state index >= 15 is 0 Å². The minimum absolute atomic E-state index is 0.115. The van der Waals surface area contributed by atoms with Crippen LogP contribution in [0.2, 0.25) is 0 Å². The minimum Gasteiger partial charge on any atom is -0.481 e. The van der Waals surface area contributed by atoms with Gasteiger partial charge >= 0.3 is 0 Å². The molecule has 4 rings (SSSR count). The lowest BCUT2D eigenvalue weighted by molar-refractivity contribution is -0.126. The van der Waals surface area contributed by atoms with Gasteiger partial charge in [0.2, 0.25) is 18.6 Å². The number of benzene rings is 2. The third-order valence-corrected chi connectivity index (χ3v) is 4.77. The second-order valence-electron chi connectivity index (χ2n) is 6.76. The van der Waals surface area contributed by atoms with E-state index in [1.165, 1.54) is 29.2 Å². The molecule has 2 aliphatic rings. The summed E-state index contributed by atoms with van der Waals surface area (Å²) in [6.45, 7) is 0.782. The first-order valence-corrected chi connectivity index (χ1v) is 9.42. The molecule has 0 radical (unpaired) electrons. The number of carbonyl (C=O) groups is 2. The molecule has 2 amide bonds. The summed E-state index contributed by atoms with van der Waals surface area (Å²) in [5.41, 5.74) is 0.581. The highest BCUT2D eigenvalue weighted by Gasteiger charge is 2.34. The number of carbonyl (C=O) groups excluding carboxylic acids is 2. The van der Waals surface area contributed by atoms with Crippen LogP contribution in [0, 0.1) is 23.6 Å². The molecular weight excluding hydrogens is 391 g/mol. The van der Waals surface area contributed by atoms with Crippen LogP contribution in [0.3, 0.4) is 0 Å². The summed E-state index contributed by atoms with van der Waals surface area (Å²) in [7, 11) is 0. The Morgan fingerprint density at radius 3 is 2.80 bits per heavy atom. The van der Waals surface area contributed by atoms with Crippen LogP contribution in [0.1, 0.15) is 6.42 Å². The summed E-state index contributed by atoms with van der Waals surface area (Å²) in [4.78, 5) is 26.0. The smallest absolute Gasteiger partial charge is 0.231 e. The van der Waals surface area contributed by atoms with Gasteiger partial charge in [-0.25, -0.2) is 4.39 Å². The van der Waals surface area contributed by atoms with Crippen LogP contribution in [0.25, 0.3) is 0 Å². The van der Waals surface area contributed by atoms with E-state index < -0.39 is 5.92 Å². The molecule has 1 N–H and O–H groups in total. The number of nitrogens with zero attached hydrogens (tertiary/aromatic N) is 1. The molecule has 0 unspecified atom stereocenters. The number of amides is 2. The van der Waals surface area contributed by atoms with Crippen molar-refractivity contribution in [2.75, 3.05) is 31.4 Å². The molecule has 0 bridgehead atoms. The molecule has 0 spiro atoms. The fourth-order valence-electron chi connectivity index (χ4n) is 3.23. The van der Waals surface area contributed by atoms with Crippen molar-refractivity contribution in [1.29, 1.82) is 0 Å². The second-order valence-corrected chi connectivity index (χ2v) is 6.76. The number of anilines is 1. The zero-order valence-corrected chi connectivity index (χ0v) is 16.0. The standard InChI is InChI=1S/C22H19FN2O5/c23-16-3-5-17(6-4-16)25-13-15(11-21(25)26)22(27)24-9-1-2-10-28-18-7-8-19-20(12-18)30-14-29-19/h3-8,12,15H,9-11,13-14H2,(H,24,27)/t15-/m1/s1. The van der Waals surface area contributed by atoms with Gasteiger partial charge in [-0.2, -0.15) is 0 Å². The molecule has 2 aromatic carbocycles. The lowest BCUT2D eigenvalue weighted by Crippen LogP contribution is -2.33. The molecule has 1 atom stereocenters. The molecule has 2 heterocycles. The average molecular weight is 410 g/mol. The van der Waals surface area contributed by atoms with Gasteiger partial charge in [0.25, 0.3) is 0 Å². The normalized spacial score (nSPS) is 16.8. The maximum absolute atomic E-state index is 13.1. The predicted molar refractivity (Wildman–Crippen MR) is 106 cm³/mol. The van der Waals surface area contributed by atoms with Gasteiger partial charge in [0, 0.05) is 24.7 Å².